The second-order valence-electron chi connectivity index (χ2n) is 5.71. The highest BCUT2D eigenvalue weighted by atomic mass is 16.3. The van der Waals surface area contributed by atoms with Crippen molar-refractivity contribution in [2.24, 2.45) is 11.8 Å². The highest BCUT2D eigenvalue weighted by Crippen LogP contribution is 2.14. The van der Waals surface area contributed by atoms with Gasteiger partial charge in [-0.1, -0.05) is 31.5 Å². The van der Waals surface area contributed by atoms with Gasteiger partial charge in [-0.2, -0.15) is 0 Å². The molecule has 1 rings (SSSR count). The van der Waals surface area contributed by atoms with Crippen LogP contribution in [0.15, 0.2) is 24.3 Å². The Hall–Kier alpha value is -1.55. The highest BCUT2D eigenvalue weighted by Gasteiger charge is 2.12. The molecule has 112 valence electrons. The number of nitrogens with one attached hydrogen (secondary N) is 2. The van der Waals surface area contributed by atoms with Gasteiger partial charge in [-0.15, -0.1) is 0 Å². The van der Waals surface area contributed by atoms with Crippen molar-refractivity contribution >= 4 is 11.7 Å². The fourth-order valence-electron chi connectivity index (χ4n) is 2.20. The first-order chi connectivity index (χ1) is 9.51. The first kappa shape index (κ1) is 16.5. The molecule has 0 aliphatic rings. The summed E-state index contributed by atoms with van der Waals surface area (Å²) in [7, 11) is 0. The minimum Gasteiger partial charge on any atom is -0.396 e. The SMILES string of the molecule is Cc1ccc(NC(=O)NCC(CCO)CC(C)C)cc1. The third-order valence-corrected chi connectivity index (χ3v) is 3.20. The van der Waals surface area contributed by atoms with E-state index in [4.69, 9.17) is 5.11 Å². The van der Waals surface area contributed by atoms with Crippen LogP contribution >= 0.6 is 0 Å². The zero-order valence-electron chi connectivity index (χ0n) is 12.6. The smallest absolute Gasteiger partial charge is 0.319 e. The Morgan fingerprint density at radius 1 is 1.25 bits per heavy atom. The number of amides is 2. The number of aliphatic hydroxyl groups excluding tert-OH is 1. The van der Waals surface area contributed by atoms with E-state index < -0.39 is 0 Å². The van der Waals surface area contributed by atoms with Crippen LogP contribution in [0.3, 0.4) is 0 Å². The predicted molar refractivity (Wildman–Crippen MR) is 82.8 cm³/mol. The molecule has 4 heteroatoms. The van der Waals surface area contributed by atoms with E-state index >= 15 is 0 Å². The van der Waals surface area contributed by atoms with Gasteiger partial charge in [0.2, 0.25) is 0 Å². The normalized spacial score (nSPS) is 12.2. The average Bonchev–Trinajstić information content (AvgIpc) is 2.38. The number of carbonyl (C=O) groups excluding carboxylic acids is 1. The summed E-state index contributed by atoms with van der Waals surface area (Å²) in [5.74, 6) is 0.886. The molecule has 3 N–H and O–H groups in total. The Morgan fingerprint density at radius 2 is 1.90 bits per heavy atom. The van der Waals surface area contributed by atoms with E-state index in [1.54, 1.807) is 0 Å². The Morgan fingerprint density at radius 3 is 2.45 bits per heavy atom. The number of hydrogen-bond acceptors (Lipinski definition) is 2. The van der Waals surface area contributed by atoms with Crippen LogP contribution in [0.1, 0.15) is 32.3 Å². The Bertz CT molecular complexity index is 401. The Labute approximate surface area is 121 Å². The number of benzene rings is 1. The zero-order chi connectivity index (χ0) is 15.0. The molecule has 1 unspecified atom stereocenters. The van der Waals surface area contributed by atoms with E-state index in [-0.39, 0.29) is 12.6 Å². The lowest BCUT2D eigenvalue weighted by Crippen LogP contribution is -2.33. The maximum Gasteiger partial charge on any atom is 0.319 e. The molecule has 1 aromatic rings. The molecule has 0 fully saturated rings. The summed E-state index contributed by atoms with van der Waals surface area (Å²) in [4.78, 5) is 11.8. The Kier molecular flexibility index (Phi) is 7.09. The minimum atomic E-state index is -0.194. The summed E-state index contributed by atoms with van der Waals surface area (Å²) in [5, 5.41) is 14.7. The van der Waals surface area contributed by atoms with E-state index in [1.807, 2.05) is 31.2 Å². The van der Waals surface area contributed by atoms with Gasteiger partial charge in [-0.3, -0.25) is 0 Å². The summed E-state index contributed by atoms with van der Waals surface area (Å²) in [5.41, 5.74) is 1.95. The molecule has 1 aromatic carbocycles. The third kappa shape index (κ3) is 6.57. The minimum absolute atomic E-state index is 0.165. The predicted octanol–water partition coefficient (Wildman–Crippen LogP) is 3.16. The van der Waals surface area contributed by atoms with Crippen LogP contribution in [0.2, 0.25) is 0 Å². The monoisotopic (exact) mass is 278 g/mol. The van der Waals surface area contributed by atoms with Gasteiger partial charge in [0, 0.05) is 18.8 Å². The van der Waals surface area contributed by atoms with Gasteiger partial charge < -0.3 is 15.7 Å². The molecule has 0 saturated carbocycles. The lowest BCUT2D eigenvalue weighted by atomic mass is 9.94. The van der Waals surface area contributed by atoms with Crippen LogP contribution in [-0.2, 0) is 0 Å². The van der Waals surface area contributed by atoms with Gasteiger partial charge in [-0.25, -0.2) is 4.79 Å². The van der Waals surface area contributed by atoms with E-state index in [1.165, 1.54) is 0 Å². The van der Waals surface area contributed by atoms with Crippen LogP contribution in [-0.4, -0.2) is 24.3 Å². The molecule has 0 aliphatic heterocycles. The summed E-state index contributed by atoms with van der Waals surface area (Å²) in [6.07, 6.45) is 1.73. The molecular formula is C16H26N2O2. The van der Waals surface area contributed by atoms with Gasteiger partial charge in [0.05, 0.1) is 0 Å². The maximum absolute atomic E-state index is 11.8. The highest BCUT2D eigenvalue weighted by molar-refractivity contribution is 5.89. The van der Waals surface area contributed by atoms with Crippen LogP contribution in [0.4, 0.5) is 10.5 Å². The van der Waals surface area contributed by atoms with Gasteiger partial charge in [0.1, 0.15) is 0 Å². The van der Waals surface area contributed by atoms with Gasteiger partial charge in [0.25, 0.3) is 0 Å². The number of anilines is 1. The van der Waals surface area contributed by atoms with E-state index in [0.29, 0.717) is 18.4 Å². The molecule has 4 nitrogen and oxygen atoms in total. The summed E-state index contributed by atoms with van der Waals surface area (Å²) < 4.78 is 0. The van der Waals surface area contributed by atoms with E-state index in [9.17, 15) is 4.79 Å². The summed E-state index contributed by atoms with van der Waals surface area (Å²) >= 11 is 0. The fourth-order valence-corrected chi connectivity index (χ4v) is 2.20. The fraction of sp³-hybridized carbons (Fsp3) is 0.562. The largest absolute Gasteiger partial charge is 0.396 e. The van der Waals surface area contributed by atoms with Crippen molar-refractivity contribution in [1.82, 2.24) is 5.32 Å². The number of urea groups is 1. The zero-order valence-corrected chi connectivity index (χ0v) is 12.6. The van der Waals surface area contributed by atoms with E-state index in [2.05, 4.69) is 24.5 Å². The van der Waals surface area contributed by atoms with Crippen LogP contribution < -0.4 is 10.6 Å². The summed E-state index contributed by atoms with van der Waals surface area (Å²) in [6, 6.07) is 7.49. The standard InChI is InChI=1S/C16H26N2O2/c1-12(2)10-14(8-9-19)11-17-16(20)18-15-6-4-13(3)5-7-15/h4-7,12,14,19H,8-11H2,1-3H3,(H2,17,18,20). The topological polar surface area (TPSA) is 61.4 Å². The lowest BCUT2D eigenvalue weighted by Gasteiger charge is -2.18. The van der Waals surface area contributed by atoms with Crippen LogP contribution in [0, 0.1) is 18.8 Å². The Balaban J connectivity index is 2.38. The van der Waals surface area contributed by atoms with Crippen LogP contribution in [0.25, 0.3) is 0 Å². The van der Waals surface area contributed by atoms with Crippen LogP contribution in [0.5, 0.6) is 0 Å². The molecule has 1 atom stereocenters. The molecule has 0 aliphatic carbocycles. The van der Waals surface area contributed by atoms with Crippen molar-refractivity contribution in [3.63, 3.8) is 0 Å². The van der Waals surface area contributed by atoms with Crippen molar-refractivity contribution in [1.29, 1.82) is 0 Å². The number of aliphatic hydroxyl groups is 1. The quantitative estimate of drug-likeness (QED) is 0.717. The molecular weight excluding hydrogens is 252 g/mol. The molecule has 0 aromatic heterocycles. The molecule has 2 amide bonds. The van der Waals surface area contributed by atoms with Crippen molar-refractivity contribution in [3.05, 3.63) is 29.8 Å². The van der Waals surface area contributed by atoms with Gasteiger partial charge in [0.15, 0.2) is 0 Å². The number of carbonyl (C=O) groups is 1. The maximum atomic E-state index is 11.8. The number of hydrogen-bond donors (Lipinski definition) is 3. The van der Waals surface area contributed by atoms with Gasteiger partial charge in [-0.05, 0) is 43.7 Å². The van der Waals surface area contributed by atoms with Crippen molar-refractivity contribution in [2.75, 3.05) is 18.5 Å². The average molecular weight is 278 g/mol. The molecule has 0 spiro atoms. The third-order valence-electron chi connectivity index (χ3n) is 3.20. The number of rotatable bonds is 7. The van der Waals surface area contributed by atoms with Crippen molar-refractivity contribution in [3.8, 4) is 0 Å². The summed E-state index contributed by atoms with van der Waals surface area (Å²) in [6.45, 7) is 7.07. The second kappa shape index (κ2) is 8.59. The molecule has 0 bridgehead atoms. The molecule has 0 heterocycles. The number of aryl methyl sites for hydroxylation is 1. The first-order valence-corrected chi connectivity index (χ1v) is 7.23. The second-order valence-corrected chi connectivity index (χ2v) is 5.71. The first-order valence-electron chi connectivity index (χ1n) is 7.23. The van der Waals surface area contributed by atoms with Crippen molar-refractivity contribution < 1.29 is 9.90 Å². The molecule has 0 radical (unpaired) electrons. The van der Waals surface area contributed by atoms with E-state index in [0.717, 1.165) is 24.1 Å². The molecule has 20 heavy (non-hydrogen) atoms. The molecule has 0 saturated heterocycles. The van der Waals surface area contributed by atoms with Gasteiger partial charge >= 0.3 is 6.03 Å². The lowest BCUT2D eigenvalue weighted by molar-refractivity contribution is 0.231. The van der Waals surface area contributed by atoms with Crippen molar-refractivity contribution in [2.45, 2.75) is 33.6 Å².